The van der Waals surface area contributed by atoms with Gasteiger partial charge in [-0.2, -0.15) is 0 Å². The molecule has 1 aliphatic heterocycles. The maximum atomic E-state index is 5.57. The molecule has 0 unspecified atom stereocenters. The van der Waals surface area contributed by atoms with Crippen LogP contribution in [0.3, 0.4) is 0 Å². The van der Waals surface area contributed by atoms with Crippen molar-refractivity contribution in [2.24, 2.45) is 0 Å². The largest absolute Gasteiger partial charge is 0.497 e. The van der Waals surface area contributed by atoms with Crippen molar-refractivity contribution >= 4 is 17.3 Å². The summed E-state index contributed by atoms with van der Waals surface area (Å²) in [6.07, 6.45) is 6.45. The molecule has 1 atom stereocenters. The molecule has 3 N–H and O–H groups in total. The van der Waals surface area contributed by atoms with E-state index in [0.29, 0.717) is 12.1 Å². The van der Waals surface area contributed by atoms with Gasteiger partial charge in [0.15, 0.2) is 5.11 Å². The Hall–Kier alpha value is -1.37. The Morgan fingerprint density at radius 3 is 2.54 bits per heavy atom. The van der Waals surface area contributed by atoms with Crippen molar-refractivity contribution < 1.29 is 14.4 Å². The molecule has 1 aliphatic carbocycles. The number of morpholine rings is 1. The van der Waals surface area contributed by atoms with Gasteiger partial charge in [0.1, 0.15) is 24.9 Å². The average Bonchev–Trinajstić information content (AvgIpc) is 2.70. The average molecular weight is 379 g/mol. The SMILES string of the molecule is COc1ccc([C@H](CNC(=S)NC2CCCCC2)[NH+]2CCOCC2)cc1. The minimum atomic E-state index is 0.357. The molecule has 26 heavy (non-hydrogen) atoms. The highest BCUT2D eigenvalue weighted by molar-refractivity contribution is 7.80. The fraction of sp³-hybridized carbons (Fsp3) is 0.650. The third kappa shape index (κ3) is 5.56. The smallest absolute Gasteiger partial charge is 0.166 e. The van der Waals surface area contributed by atoms with Crippen LogP contribution in [0.4, 0.5) is 0 Å². The van der Waals surface area contributed by atoms with Gasteiger partial charge in [0.2, 0.25) is 0 Å². The van der Waals surface area contributed by atoms with Crippen LogP contribution in [0.5, 0.6) is 5.75 Å². The molecule has 144 valence electrons. The second-order valence-electron chi connectivity index (χ2n) is 7.29. The second-order valence-corrected chi connectivity index (χ2v) is 7.69. The number of nitrogens with one attached hydrogen (secondary N) is 3. The van der Waals surface area contributed by atoms with Crippen LogP contribution in [-0.4, -0.2) is 51.1 Å². The summed E-state index contributed by atoms with van der Waals surface area (Å²) in [6.45, 7) is 4.54. The lowest BCUT2D eigenvalue weighted by molar-refractivity contribution is -0.937. The zero-order valence-corrected chi connectivity index (χ0v) is 16.6. The van der Waals surface area contributed by atoms with Gasteiger partial charge in [-0.25, -0.2) is 0 Å². The molecule has 2 aliphatic rings. The number of benzene rings is 1. The minimum absolute atomic E-state index is 0.357. The standard InChI is InChI=1S/C20H31N3O2S/c1-24-18-9-7-16(8-10-18)19(23-11-13-25-14-12-23)15-21-20(26)22-17-5-3-2-4-6-17/h7-10,17,19H,2-6,11-15H2,1H3,(H2,21,22,26)/p+1/t19-/m0/s1. The van der Waals surface area contributed by atoms with Crippen LogP contribution < -0.4 is 20.3 Å². The molecule has 3 rings (SSSR count). The summed E-state index contributed by atoms with van der Waals surface area (Å²) in [7, 11) is 1.70. The fourth-order valence-corrected chi connectivity index (χ4v) is 4.24. The van der Waals surface area contributed by atoms with Crippen molar-refractivity contribution in [3.8, 4) is 5.75 Å². The van der Waals surface area contributed by atoms with Gasteiger partial charge in [-0.1, -0.05) is 19.3 Å². The van der Waals surface area contributed by atoms with E-state index in [9.17, 15) is 0 Å². The predicted molar refractivity (Wildman–Crippen MR) is 108 cm³/mol. The van der Waals surface area contributed by atoms with E-state index in [1.54, 1.807) is 12.0 Å². The molecule has 1 aromatic carbocycles. The van der Waals surface area contributed by atoms with E-state index in [-0.39, 0.29) is 0 Å². The molecular weight excluding hydrogens is 346 g/mol. The van der Waals surface area contributed by atoms with Gasteiger partial charge < -0.3 is 25.0 Å². The van der Waals surface area contributed by atoms with Gasteiger partial charge in [0.05, 0.1) is 26.9 Å². The van der Waals surface area contributed by atoms with Gasteiger partial charge in [-0.05, 0) is 49.3 Å². The second kappa shape index (κ2) is 10.1. The van der Waals surface area contributed by atoms with Crippen LogP contribution in [0, 0.1) is 0 Å². The number of quaternary nitrogens is 1. The van der Waals surface area contributed by atoms with E-state index in [0.717, 1.165) is 43.7 Å². The maximum Gasteiger partial charge on any atom is 0.166 e. The Labute approximate surface area is 162 Å². The van der Waals surface area contributed by atoms with Crippen molar-refractivity contribution in [2.75, 3.05) is 40.0 Å². The summed E-state index contributed by atoms with van der Waals surface area (Å²) in [6, 6.07) is 9.33. The van der Waals surface area contributed by atoms with E-state index in [4.69, 9.17) is 21.7 Å². The maximum absolute atomic E-state index is 5.57. The highest BCUT2D eigenvalue weighted by Gasteiger charge is 2.27. The van der Waals surface area contributed by atoms with E-state index >= 15 is 0 Å². The van der Waals surface area contributed by atoms with Crippen molar-refractivity contribution in [3.05, 3.63) is 29.8 Å². The Morgan fingerprint density at radius 1 is 1.19 bits per heavy atom. The third-order valence-corrected chi connectivity index (χ3v) is 5.82. The molecule has 6 heteroatoms. The Balaban J connectivity index is 1.59. The molecule has 0 spiro atoms. The summed E-state index contributed by atoms with van der Waals surface area (Å²) >= 11 is 5.57. The number of ether oxygens (including phenoxy) is 2. The molecule has 1 heterocycles. The summed E-state index contributed by atoms with van der Waals surface area (Å²) < 4.78 is 10.9. The van der Waals surface area contributed by atoms with Crippen molar-refractivity contribution in [1.82, 2.24) is 10.6 Å². The lowest BCUT2D eigenvalue weighted by Gasteiger charge is -2.32. The third-order valence-electron chi connectivity index (χ3n) is 5.55. The number of hydrogen-bond acceptors (Lipinski definition) is 3. The highest BCUT2D eigenvalue weighted by atomic mass is 32.1. The van der Waals surface area contributed by atoms with E-state index in [1.807, 2.05) is 12.1 Å². The molecule has 1 saturated carbocycles. The summed E-state index contributed by atoms with van der Waals surface area (Å²) in [4.78, 5) is 1.55. The summed E-state index contributed by atoms with van der Waals surface area (Å²) in [5, 5.41) is 7.79. The van der Waals surface area contributed by atoms with Crippen LogP contribution in [0.2, 0.25) is 0 Å². The normalized spacial score (nSPS) is 20.3. The lowest BCUT2D eigenvalue weighted by atomic mass is 9.96. The van der Waals surface area contributed by atoms with E-state index in [2.05, 4.69) is 22.8 Å². The predicted octanol–water partition coefficient (Wildman–Crippen LogP) is 1.45. The Kier molecular flexibility index (Phi) is 7.53. The Bertz CT molecular complexity index is 555. The van der Waals surface area contributed by atoms with Gasteiger partial charge >= 0.3 is 0 Å². The van der Waals surface area contributed by atoms with Crippen LogP contribution in [-0.2, 0) is 4.74 Å². The molecule has 1 saturated heterocycles. The molecule has 2 fully saturated rings. The summed E-state index contributed by atoms with van der Waals surface area (Å²) in [5.41, 5.74) is 1.32. The van der Waals surface area contributed by atoms with Crippen LogP contribution in [0.1, 0.15) is 43.7 Å². The molecule has 1 aromatic rings. The van der Waals surface area contributed by atoms with Gasteiger partial charge in [0, 0.05) is 11.6 Å². The molecule has 0 aromatic heterocycles. The van der Waals surface area contributed by atoms with Gasteiger partial charge in [-0.15, -0.1) is 0 Å². The van der Waals surface area contributed by atoms with Crippen LogP contribution in [0.15, 0.2) is 24.3 Å². The first-order chi connectivity index (χ1) is 12.8. The molecule has 0 amide bonds. The van der Waals surface area contributed by atoms with E-state index < -0.39 is 0 Å². The number of rotatable bonds is 6. The Morgan fingerprint density at radius 2 is 1.88 bits per heavy atom. The monoisotopic (exact) mass is 378 g/mol. The lowest BCUT2D eigenvalue weighted by Crippen LogP contribution is -3.15. The molecule has 0 bridgehead atoms. The fourth-order valence-electron chi connectivity index (χ4n) is 3.99. The minimum Gasteiger partial charge on any atom is -0.497 e. The van der Waals surface area contributed by atoms with Gasteiger partial charge in [0.25, 0.3) is 0 Å². The van der Waals surface area contributed by atoms with Crippen molar-refractivity contribution in [2.45, 2.75) is 44.2 Å². The van der Waals surface area contributed by atoms with Crippen LogP contribution in [0.25, 0.3) is 0 Å². The first kappa shape index (κ1) is 19.4. The number of thiocarbonyl (C=S) groups is 1. The molecular formula is C20H32N3O2S+. The highest BCUT2D eigenvalue weighted by Crippen LogP contribution is 2.18. The van der Waals surface area contributed by atoms with Gasteiger partial charge in [-0.3, -0.25) is 0 Å². The van der Waals surface area contributed by atoms with Crippen LogP contribution >= 0.6 is 12.2 Å². The number of methoxy groups -OCH3 is 1. The van der Waals surface area contributed by atoms with Crippen molar-refractivity contribution in [3.63, 3.8) is 0 Å². The molecule has 5 nitrogen and oxygen atoms in total. The zero-order valence-electron chi connectivity index (χ0n) is 15.8. The first-order valence-electron chi connectivity index (χ1n) is 9.87. The first-order valence-corrected chi connectivity index (χ1v) is 10.3. The zero-order chi connectivity index (χ0) is 18.2. The van der Waals surface area contributed by atoms with Crippen molar-refractivity contribution in [1.29, 1.82) is 0 Å². The quantitative estimate of drug-likeness (QED) is 0.654. The molecule has 0 radical (unpaired) electrons. The topological polar surface area (TPSA) is 47.0 Å². The number of hydrogen-bond donors (Lipinski definition) is 3. The van der Waals surface area contributed by atoms with E-state index in [1.165, 1.54) is 37.7 Å². The summed E-state index contributed by atoms with van der Waals surface area (Å²) in [5.74, 6) is 0.895.